The summed E-state index contributed by atoms with van der Waals surface area (Å²) >= 11 is 0. The Morgan fingerprint density at radius 3 is 2.53 bits per heavy atom. The highest BCUT2D eigenvalue weighted by molar-refractivity contribution is 14.0. The summed E-state index contributed by atoms with van der Waals surface area (Å²) in [5.74, 6) is 3.36. The molecule has 0 amide bonds. The Morgan fingerprint density at radius 1 is 1.13 bits per heavy atom. The Kier molecular flexibility index (Phi) is 14.3. The van der Waals surface area contributed by atoms with E-state index >= 15 is 0 Å². The standard InChI is InChI=1S/C21H41N7O.HI/c1-5-7-9-19(8-6-2)16-23-21(22-10-11-28-12-14-29-15-13-28)24-17-20-26-25-18(3)27(20)4;/h19H,5-17H2,1-4H3,(H2,22,23,24);1H. The molecule has 0 aromatic carbocycles. The molecular formula is C21H42IN7O. The van der Waals surface area contributed by atoms with E-state index in [1.807, 2.05) is 18.5 Å². The Balaban J connectivity index is 0.00000450. The van der Waals surface area contributed by atoms with Crippen LogP contribution in [-0.2, 0) is 18.3 Å². The third-order valence-electron chi connectivity index (χ3n) is 5.61. The molecule has 2 rings (SSSR count). The minimum atomic E-state index is 0. The Labute approximate surface area is 199 Å². The number of rotatable bonds is 12. The molecule has 1 saturated heterocycles. The SMILES string of the molecule is CCCCC(CCC)CNC(=NCc1nnc(C)n1C)NCCN1CCOCC1.I. The molecule has 1 fully saturated rings. The summed E-state index contributed by atoms with van der Waals surface area (Å²) in [4.78, 5) is 7.22. The van der Waals surface area contributed by atoms with Crippen LogP contribution in [0.1, 0.15) is 57.6 Å². The van der Waals surface area contributed by atoms with Gasteiger partial charge in [-0.1, -0.05) is 33.1 Å². The van der Waals surface area contributed by atoms with Crippen molar-refractivity contribution in [2.24, 2.45) is 18.0 Å². The van der Waals surface area contributed by atoms with Crippen molar-refractivity contribution in [2.75, 3.05) is 45.9 Å². The lowest BCUT2D eigenvalue weighted by Gasteiger charge is -2.27. The predicted octanol–water partition coefficient (Wildman–Crippen LogP) is 2.72. The molecule has 1 atom stereocenters. The molecule has 0 saturated carbocycles. The topological polar surface area (TPSA) is 79.6 Å². The van der Waals surface area contributed by atoms with E-state index < -0.39 is 0 Å². The average Bonchev–Trinajstić information content (AvgIpc) is 3.06. The molecule has 9 heteroatoms. The number of hydrogen-bond donors (Lipinski definition) is 2. The van der Waals surface area contributed by atoms with Crippen LogP contribution in [0, 0.1) is 12.8 Å². The van der Waals surface area contributed by atoms with E-state index in [0.29, 0.717) is 12.5 Å². The maximum atomic E-state index is 5.43. The largest absolute Gasteiger partial charge is 0.379 e. The molecule has 30 heavy (non-hydrogen) atoms. The zero-order chi connectivity index (χ0) is 20.9. The lowest BCUT2D eigenvalue weighted by atomic mass is 9.97. The van der Waals surface area contributed by atoms with Crippen LogP contribution in [0.3, 0.4) is 0 Å². The Hall–Kier alpha value is -0.940. The number of guanidine groups is 1. The number of aromatic nitrogens is 3. The van der Waals surface area contributed by atoms with Crippen molar-refractivity contribution < 1.29 is 4.74 Å². The van der Waals surface area contributed by atoms with Gasteiger partial charge in [-0.2, -0.15) is 0 Å². The molecule has 1 aromatic rings. The maximum Gasteiger partial charge on any atom is 0.191 e. The van der Waals surface area contributed by atoms with Crippen molar-refractivity contribution in [3.05, 3.63) is 11.6 Å². The molecule has 174 valence electrons. The van der Waals surface area contributed by atoms with Gasteiger partial charge in [-0.25, -0.2) is 4.99 Å². The van der Waals surface area contributed by atoms with Gasteiger partial charge < -0.3 is 19.9 Å². The molecule has 1 aliphatic rings. The van der Waals surface area contributed by atoms with Crippen LogP contribution in [0.4, 0.5) is 0 Å². The zero-order valence-corrected chi connectivity index (χ0v) is 21.7. The molecule has 0 bridgehead atoms. The molecule has 8 nitrogen and oxygen atoms in total. The van der Waals surface area contributed by atoms with Gasteiger partial charge in [0.05, 0.1) is 13.2 Å². The zero-order valence-electron chi connectivity index (χ0n) is 19.3. The summed E-state index contributed by atoms with van der Waals surface area (Å²) in [7, 11) is 1.99. The number of morpholine rings is 1. The Bertz CT molecular complexity index is 602. The van der Waals surface area contributed by atoms with Crippen molar-refractivity contribution in [3.63, 3.8) is 0 Å². The molecule has 1 aromatic heterocycles. The van der Waals surface area contributed by atoms with Crippen molar-refractivity contribution in [2.45, 2.75) is 59.4 Å². The van der Waals surface area contributed by atoms with Crippen molar-refractivity contribution in [1.82, 2.24) is 30.3 Å². The lowest BCUT2D eigenvalue weighted by molar-refractivity contribution is 0.0389. The third kappa shape index (κ3) is 9.91. The second kappa shape index (κ2) is 15.8. The first-order valence-corrected chi connectivity index (χ1v) is 11.3. The normalized spacial score (nSPS) is 16.2. The molecule has 2 N–H and O–H groups in total. The number of unbranched alkanes of at least 4 members (excludes halogenated alkanes) is 1. The number of aryl methyl sites for hydroxylation is 1. The fraction of sp³-hybridized carbons (Fsp3) is 0.857. The maximum absolute atomic E-state index is 5.43. The monoisotopic (exact) mass is 535 g/mol. The van der Waals surface area contributed by atoms with Gasteiger partial charge in [-0.05, 0) is 25.7 Å². The van der Waals surface area contributed by atoms with E-state index in [1.165, 1.54) is 32.1 Å². The molecule has 0 aliphatic carbocycles. The first-order chi connectivity index (χ1) is 14.1. The number of halogens is 1. The fourth-order valence-corrected chi connectivity index (χ4v) is 3.56. The highest BCUT2D eigenvalue weighted by Gasteiger charge is 2.12. The highest BCUT2D eigenvalue weighted by atomic mass is 127. The van der Waals surface area contributed by atoms with E-state index in [2.05, 4.69) is 39.6 Å². The summed E-state index contributed by atoms with van der Waals surface area (Å²) in [5, 5.41) is 15.5. The van der Waals surface area contributed by atoms with Gasteiger partial charge in [0.1, 0.15) is 12.4 Å². The summed E-state index contributed by atoms with van der Waals surface area (Å²) in [5.41, 5.74) is 0. The molecule has 1 aliphatic heterocycles. The average molecular weight is 536 g/mol. The second-order valence-corrected chi connectivity index (χ2v) is 7.95. The molecule has 2 heterocycles. The van der Waals surface area contributed by atoms with E-state index in [1.54, 1.807) is 0 Å². The van der Waals surface area contributed by atoms with Crippen LogP contribution in [0.15, 0.2) is 4.99 Å². The van der Waals surface area contributed by atoms with Crippen LogP contribution in [-0.4, -0.2) is 71.6 Å². The van der Waals surface area contributed by atoms with Crippen LogP contribution in [0.25, 0.3) is 0 Å². The van der Waals surface area contributed by atoms with Crippen LogP contribution >= 0.6 is 24.0 Å². The van der Waals surface area contributed by atoms with Gasteiger partial charge in [-0.15, -0.1) is 34.2 Å². The number of nitrogens with one attached hydrogen (secondary N) is 2. The summed E-state index contributed by atoms with van der Waals surface area (Å²) in [6.45, 7) is 13.5. The molecule has 1 unspecified atom stereocenters. The van der Waals surface area contributed by atoms with Crippen molar-refractivity contribution in [3.8, 4) is 0 Å². The van der Waals surface area contributed by atoms with Crippen LogP contribution in [0.5, 0.6) is 0 Å². The van der Waals surface area contributed by atoms with Gasteiger partial charge >= 0.3 is 0 Å². The predicted molar refractivity (Wildman–Crippen MR) is 133 cm³/mol. The Morgan fingerprint density at radius 2 is 1.90 bits per heavy atom. The lowest BCUT2D eigenvalue weighted by Crippen LogP contribution is -2.45. The van der Waals surface area contributed by atoms with Crippen LogP contribution < -0.4 is 10.6 Å². The number of aliphatic imine (C=N–C) groups is 1. The van der Waals surface area contributed by atoms with Gasteiger partial charge in [0.2, 0.25) is 0 Å². The molecule has 0 radical (unpaired) electrons. The first-order valence-electron chi connectivity index (χ1n) is 11.3. The smallest absolute Gasteiger partial charge is 0.191 e. The van der Waals surface area contributed by atoms with Crippen LogP contribution in [0.2, 0.25) is 0 Å². The van der Waals surface area contributed by atoms with Gasteiger partial charge in [0.15, 0.2) is 11.8 Å². The van der Waals surface area contributed by atoms with Crippen molar-refractivity contribution >= 4 is 29.9 Å². The van der Waals surface area contributed by atoms with Gasteiger partial charge in [-0.3, -0.25) is 4.90 Å². The number of hydrogen-bond acceptors (Lipinski definition) is 5. The highest BCUT2D eigenvalue weighted by Crippen LogP contribution is 2.13. The van der Waals surface area contributed by atoms with Gasteiger partial charge in [0.25, 0.3) is 0 Å². The summed E-state index contributed by atoms with van der Waals surface area (Å²) < 4.78 is 7.43. The third-order valence-corrected chi connectivity index (χ3v) is 5.61. The van der Waals surface area contributed by atoms with E-state index in [-0.39, 0.29) is 24.0 Å². The van der Waals surface area contributed by atoms with Gasteiger partial charge in [0, 0.05) is 39.8 Å². The summed E-state index contributed by atoms with van der Waals surface area (Å²) in [6, 6.07) is 0. The molecular weight excluding hydrogens is 493 g/mol. The number of ether oxygens (including phenoxy) is 1. The van der Waals surface area contributed by atoms with E-state index in [4.69, 9.17) is 9.73 Å². The van der Waals surface area contributed by atoms with E-state index in [9.17, 15) is 0 Å². The number of nitrogens with zero attached hydrogens (tertiary/aromatic N) is 5. The first kappa shape index (κ1) is 27.1. The van der Waals surface area contributed by atoms with E-state index in [0.717, 1.165) is 63.5 Å². The fourth-order valence-electron chi connectivity index (χ4n) is 3.56. The summed E-state index contributed by atoms with van der Waals surface area (Å²) in [6.07, 6.45) is 6.31. The van der Waals surface area contributed by atoms with Crippen molar-refractivity contribution in [1.29, 1.82) is 0 Å². The molecule has 0 spiro atoms. The minimum absolute atomic E-state index is 0. The second-order valence-electron chi connectivity index (χ2n) is 7.95. The minimum Gasteiger partial charge on any atom is -0.379 e. The quantitative estimate of drug-likeness (QED) is 0.244.